The van der Waals surface area contributed by atoms with Crippen molar-refractivity contribution in [3.8, 4) is 0 Å². The monoisotopic (exact) mass is 338 g/mol. The number of rotatable bonds is 6. The number of carbonyl (C=O) groups is 1. The molecular formula is C16H16F2N2O2S. The third-order valence-corrected chi connectivity index (χ3v) is 4.12. The van der Waals surface area contributed by atoms with Crippen LogP contribution in [0.4, 0.5) is 8.78 Å². The lowest BCUT2D eigenvalue weighted by atomic mass is 10.1. The molecule has 0 spiro atoms. The molecule has 4 nitrogen and oxygen atoms in total. The van der Waals surface area contributed by atoms with Crippen LogP contribution < -0.4 is 5.56 Å². The summed E-state index contributed by atoms with van der Waals surface area (Å²) in [6.45, 7) is 3.56. The molecule has 0 aliphatic carbocycles. The minimum Gasteiger partial charge on any atom is -0.301 e. The molecule has 122 valence electrons. The number of aromatic nitrogens is 2. The van der Waals surface area contributed by atoms with Gasteiger partial charge in [-0.3, -0.25) is 9.59 Å². The number of hydrogen-bond donors (Lipinski definition) is 1. The Morgan fingerprint density at radius 1 is 1.35 bits per heavy atom. The maximum absolute atomic E-state index is 13.7. The highest BCUT2D eigenvalue weighted by Crippen LogP contribution is 2.23. The lowest BCUT2D eigenvalue weighted by Gasteiger charge is -2.11. The van der Waals surface area contributed by atoms with E-state index in [0.717, 1.165) is 30.3 Å². The average molecular weight is 338 g/mol. The highest BCUT2D eigenvalue weighted by Gasteiger charge is 2.21. The number of benzene rings is 1. The second kappa shape index (κ2) is 7.50. The lowest BCUT2D eigenvalue weighted by molar-refractivity contribution is 0.0990. The van der Waals surface area contributed by atoms with Crippen LogP contribution in [0.15, 0.2) is 34.2 Å². The van der Waals surface area contributed by atoms with Gasteiger partial charge in [-0.15, -0.1) is 0 Å². The quantitative estimate of drug-likeness (QED) is 0.498. The summed E-state index contributed by atoms with van der Waals surface area (Å²) in [6.07, 6.45) is 1.50. The molecule has 23 heavy (non-hydrogen) atoms. The number of halogens is 2. The standard InChI is InChI=1S/C16H16F2N2O2S/c1-3-4-11-8-14(21)20-16(19-11)23-9(2)15(22)12-6-5-10(17)7-13(12)18/h5-9H,3-4H2,1-2H3,(H,19,20,21). The van der Waals surface area contributed by atoms with Gasteiger partial charge in [0.2, 0.25) is 0 Å². The van der Waals surface area contributed by atoms with E-state index in [-0.39, 0.29) is 11.1 Å². The molecule has 0 bridgehead atoms. The summed E-state index contributed by atoms with van der Waals surface area (Å²) < 4.78 is 26.6. The zero-order valence-electron chi connectivity index (χ0n) is 12.7. The summed E-state index contributed by atoms with van der Waals surface area (Å²) in [5.41, 5.74) is 0.170. The number of nitrogens with zero attached hydrogens (tertiary/aromatic N) is 1. The topological polar surface area (TPSA) is 62.8 Å². The van der Waals surface area contributed by atoms with Crippen LogP contribution in [0.2, 0.25) is 0 Å². The van der Waals surface area contributed by atoms with E-state index in [9.17, 15) is 18.4 Å². The number of carbonyl (C=O) groups excluding carboxylic acids is 1. The molecule has 7 heteroatoms. The van der Waals surface area contributed by atoms with Crippen molar-refractivity contribution in [1.29, 1.82) is 0 Å². The lowest BCUT2D eigenvalue weighted by Crippen LogP contribution is -2.17. The number of ketones is 1. The summed E-state index contributed by atoms with van der Waals surface area (Å²) in [4.78, 5) is 30.7. The van der Waals surface area contributed by atoms with Gasteiger partial charge in [0.1, 0.15) is 11.6 Å². The summed E-state index contributed by atoms with van der Waals surface area (Å²) in [7, 11) is 0. The highest BCUT2D eigenvalue weighted by molar-refractivity contribution is 8.00. The number of thioether (sulfide) groups is 1. The van der Waals surface area contributed by atoms with Crippen LogP contribution in [0.5, 0.6) is 0 Å². The molecule has 1 N–H and O–H groups in total. The molecule has 0 aliphatic rings. The fourth-order valence-electron chi connectivity index (χ4n) is 2.05. The average Bonchev–Trinajstić information content (AvgIpc) is 2.46. The molecule has 2 rings (SSSR count). The van der Waals surface area contributed by atoms with Gasteiger partial charge in [-0.2, -0.15) is 0 Å². The van der Waals surface area contributed by atoms with Crippen molar-refractivity contribution >= 4 is 17.5 Å². The molecule has 0 radical (unpaired) electrons. The SMILES string of the molecule is CCCc1cc(=O)[nH]c(SC(C)C(=O)c2ccc(F)cc2F)n1. The Hall–Kier alpha value is -2.02. The first-order valence-electron chi connectivity index (χ1n) is 7.17. The van der Waals surface area contributed by atoms with E-state index in [1.54, 1.807) is 6.92 Å². The van der Waals surface area contributed by atoms with E-state index in [4.69, 9.17) is 0 Å². The van der Waals surface area contributed by atoms with Crippen molar-refractivity contribution in [2.24, 2.45) is 0 Å². The molecule has 1 heterocycles. The van der Waals surface area contributed by atoms with Crippen molar-refractivity contribution in [3.05, 3.63) is 57.5 Å². The van der Waals surface area contributed by atoms with Crippen LogP contribution in [-0.2, 0) is 6.42 Å². The molecule has 0 saturated carbocycles. The smallest absolute Gasteiger partial charge is 0.251 e. The predicted molar refractivity (Wildman–Crippen MR) is 84.9 cm³/mol. The first-order chi connectivity index (χ1) is 10.9. The number of aryl methyl sites for hydroxylation is 1. The van der Waals surface area contributed by atoms with Crippen molar-refractivity contribution in [1.82, 2.24) is 9.97 Å². The Labute approximate surface area is 136 Å². The van der Waals surface area contributed by atoms with Gasteiger partial charge in [0, 0.05) is 17.8 Å². The predicted octanol–water partition coefficient (Wildman–Crippen LogP) is 3.36. The maximum atomic E-state index is 13.7. The molecule has 0 aliphatic heterocycles. The van der Waals surface area contributed by atoms with Crippen molar-refractivity contribution in [2.75, 3.05) is 0 Å². The molecule has 1 aromatic carbocycles. The van der Waals surface area contributed by atoms with Crippen LogP contribution in [-0.4, -0.2) is 21.0 Å². The van der Waals surface area contributed by atoms with Crippen LogP contribution in [0, 0.1) is 11.6 Å². The van der Waals surface area contributed by atoms with Crippen molar-refractivity contribution < 1.29 is 13.6 Å². The van der Waals surface area contributed by atoms with Gasteiger partial charge in [0.15, 0.2) is 10.9 Å². The molecule has 2 aromatic rings. The van der Waals surface area contributed by atoms with Crippen LogP contribution in [0.1, 0.15) is 36.3 Å². The van der Waals surface area contributed by atoms with Crippen molar-refractivity contribution in [2.45, 2.75) is 37.1 Å². The Kier molecular flexibility index (Phi) is 5.65. The Morgan fingerprint density at radius 3 is 2.74 bits per heavy atom. The van der Waals surface area contributed by atoms with E-state index < -0.39 is 22.7 Å². The largest absolute Gasteiger partial charge is 0.301 e. The third kappa shape index (κ3) is 4.48. The fourth-order valence-corrected chi connectivity index (χ4v) is 2.95. The summed E-state index contributed by atoms with van der Waals surface area (Å²) in [6, 6.07) is 4.25. The van der Waals surface area contributed by atoms with Gasteiger partial charge in [0.25, 0.3) is 5.56 Å². The molecule has 1 unspecified atom stereocenters. The molecule has 0 fully saturated rings. The minimum absolute atomic E-state index is 0.182. The summed E-state index contributed by atoms with van der Waals surface area (Å²) in [5.74, 6) is -2.13. The van der Waals surface area contributed by atoms with Crippen LogP contribution >= 0.6 is 11.8 Å². The zero-order chi connectivity index (χ0) is 17.0. The molecule has 1 atom stereocenters. The molecular weight excluding hydrogens is 322 g/mol. The minimum atomic E-state index is -0.899. The van der Waals surface area contributed by atoms with E-state index in [2.05, 4.69) is 9.97 Å². The van der Waals surface area contributed by atoms with E-state index in [1.165, 1.54) is 6.07 Å². The summed E-state index contributed by atoms with van der Waals surface area (Å²) >= 11 is 1.04. The number of hydrogen-bond acceptors (Lipinski definition) is 4. The van der Waals surface area contributed by atoms with E-state index in [1.807, 2.05) is 6.92 Å². The van der Waals surface area contributed by atoms with Gasteiger partial charge in [-0.1, -0.05) is 25.1 Å². The second-order valence-corrected chi connectivity index (χ2v) is 6.37. The fraction of sp³-hybridized carbons (Fsp3) is 0.312. The Balaban J connectivity index is 2.19. The third-order valence-electron chi connectivity index (χ3n) is 3.13. The van der Waals surface area contributed by atoms with Gasteiger partial charge < -0.3 is 4.98 Å². The van der Waals surface area contributed by atoms with E-state index >= 15 is 0 Å². The van der Waals surface area contributed by atoms with E-state index in [0.29, 0.717) is 23.3 Å². The van der Waals surface area contributed by atoms with Gasteiger partial charge in [-0.25, -0.2) is 13.8 Å². The van der Waals surface area contributed by atoms with Crippen LogP contribution in [0.25, 0.3) is 0 Å². The number of Topliss-reactive ketones (excluding diaryl/α,β-unsaturated/α-hetero) is 1. The second-order valence-electron chi connectivity index (χ2n) is 5.04. The molecule has 1 aromatic heterocycles. The van der Waals surface area contributed by atoms with Crippen molar-refractivity contribution in [3.63, 3.8) is 0 Å². The number of aromatic amines is 1. The normalized spacial score (nSPS) is 12.2. The first-order valence-corrected chi connectivity index (χ1v) is 8.04. The molecule has 0 amide bonds. The Morgan fingerprint density at radius 2 is 2.09 bits per heavy atom. The highest BCUT2D eigenvalue weighted by atomic mass is 32.2. The van der Waals surface area contributed by atoms with Crippen LogP contribution in [0.3, 0.4) is 0 Å². The van der Waals surface area contributed by atoms with Gasteiger partial charge in [0.05, 0.1) is 10.8 Å². The summed E-state index contributed by atoms with van der Waals surface area (Å²) in [5, 5.41) is -0.362. The van der Waals surface area contributed by atoms with Gasteiger partial charge in [-0.05, 0) is 25.5 Å². The first kappa shape index (κ1) is 17.3. The number of nitrogens with one attached hydrogen (secondary N) is 1. The van der Waals surface area contributed by atoms with Gasteiger partial charge >= 0.3 is 0 Å². The zero-order valence-corrected chi connectivity index (χ0v) is 13.5. The molecule has 0 saturated heterocycles. The Bertz CT molecular complexity index is 777. The number of H-pyrrole nitrogens is 1. The maximum Gasteiger partial charge on any atom is 0.251 e.